The minimum atomic E-state index is 0.400. The first-order chi connectivity index (χ1) is 21.2. The van der Waals surface area contributed by atoms with Gasteiger partial charge in [-0.3, -0.25) is 0 Å². The zero-order valence-corrected chi connectivity index (χ0v) is 26.4. The number of rotatable bonds is 23. The first kappa shape index (κ1) is 34.2. The van der Waals surface area contributed by atoms with Gasteiger partial charge < -0.3 is 28.4 Å². The molecular weight excluding hydrogens is 540 g/mol. The van der Waals surface area contributed by atoms with Gasteiger partial charge in [-0.25, -0.2) is 0 Å². The van der Waals surface area contributed by atoms with E-state index in [0.717, 1.165) is 43.2 Å². The van der Waals surface area contributed by atoms with E-state index >= 15 is 0 Å². The second-order valence-corrected chi connectivity index (χ2v) is 10.3. The second kappa shape index (κ2) is 21.4. The van der Waals surface area contributed by atoms with Crippen molar-refractivity contribution in [3.8, 4) is 17.2 Å². The molecule has 0 spiro atoms. The lowest BCUT2D eigenvalue weighted by molar-refractivity contribution is 0.0856. The quantitative estimate of drug-likeness (QED) is 0.0823. The third kappa shape index (κ3) is 13.7. The largest absolute Gasteiger partial charge is 0.487 e. The van der Waals surface area contributed by atoms with Crippen LogP contribution in [0.2, 0.25) is 0 Å². The van der Waals surface area contributed by atoms with Gasteiger partial charge in [-0.05, 0) is 66.5 Å². The molecule has 0 unspecified atom stereocenters. The fourth-order valence-corrected chi connectivity index (χ4v) is 4.33. The molecule has 6 nitrogen and oxygen atoms in total. The maximum atomic E-state index is 6.18. The molecule has 0 atom stereocenters. The summed E-state index contributed by atoms with van der Waals surface area (Å²) in [6.07, 6.45) is 9.15. The van der Waals surface area contributed by atoms with Crippen LogP contribution in [0, 0.1) is 0 Å². The van der Waals surface area contributed by atoms with Crippen molar-refractivity contribution in [1.29, 1.82) is 0 Å². The summed E-state index contributed by atoms with van der Waals surface area (Å²) in [6.45, 7) is 11.1. The molecule has 0 amide bonds. The molecular formula is C37H50O6. The fourth-order valence-electron chi connectivity index (χ4n) is 4.33. The van der Waals surface area contributed by atoms with Crippen molar-refractivity contribution < 1.29 is 28.4 Å². The van der Waals surface area contributed by atoms with Crippen LogP contribution in [-0.4, -0.2) is 59.5 Å². The maximum Gasteiger partial charge on any atom is 0.203 e. The van der Waals surface area contributed by atoms with Crippen LogP contribution in [-0.2, 0) is 27.1 Å². The van der Waals surface area contributed by atoms with Gasteiger partial charge in [-0.1, -0.05) is 87.5 Å². The van der Waals surface area contributed by atoms with Gasteiger partial charge in [0.05, 0.1) is 19.8 Å². The molecule has 6 heteroatoms. The summed E-state index contributed by atoms with van der Waals surface area (Å²) in [5, 5.41) is 0. The summed E-state index contributed by atoms with van der Waals surface area (Å²) < 4.78 is 35.5. The molecule has 0 N–H and O–H groups in total. The van der Waals surface area contributed by atoms with Gasteiger partial charge in [0.25, 0.3) is 0 Å². The van der Waals surface area contributed by atoms with E-state index in [9.17, 15) is 0 Å². The van der Waals surface area contributed by atoms with Crippen molar-refractivity contribution in [2.45, 2.75) is 52.9 Å². The minimum Gasteiger partial charge on any atom is -0.487 e. The van der Waals surface area contributed by atoms with E-state index in [0.29, 0.717) is 76.7 Å². The van der Waals surface area contributed by atoms with Crippen LogP contribution in [0.1, 0.15) is 62.3 Å². The molecule has 0 aliphatic rings. The minimum absolute atomic E-state index is 0.400. The molecule has 0 bridgehead atoms. The van der Waals surface area contributed by atoms with Crippen LogP contribution < -0.4 is 14.2 Å². The third-order valence-corrected chi connectivity index (χ3v) is 6.53. The normalized spacial score (nSPS) is 11.2. The van der Waals surface area contributed by atoms with Gasteiger partial charge in [0.15, 0.2) is 11.5 Å². The number of benzene rings is 3. The van der Waals surface area contributed by atoms with Crippen LogP contribution in [0.3, 0.4) is 0 Å². The highest BCUT2D eigenvalue weighted by atomic mass is 16.6. The van der Waals surface area contributed by atoms with Gasteiger partial charge >= 0.3 is 0 Å². The summed E-state index contributed by atoms with van der Waals surface area (Å²) in [7, 11) is 0. The van der Waals surface area contributed by atoms with Crippen molar-refractivity contribution in [2.24, 2.45) is 0 Å². The first-order valence-electron chi connectivity index (χ1n) is 15.8. The van der Waals surface area contributed by atoms with Crippen LogP contribution in [0.4, 0.5) is 0 Å². The van der Waals surface area contributed by atoms with E-state index in [1.807, 2.05) is 12.1 Å². The van der Waals surface area contributed by atoms with Gasteiger partial charge in [0, 0.05) is 19.8 Å². The molecule has 0 saturated heterocycles. The molecule has 3 aromatic rings. The SMILES string of the molecule is CCCOCCOc1cc(/C=C/c2ccc(CCc3ccccc3)cc2)cc(OCCOCCC)c1OCCOCCC. The highest BCUT2D eigenvalue weighted by Gasteiger charge is 2.16. The van der Waals surface area contributed by atoms with Gasteiger partial charge in [0.1, 0.15) is 19.8 Å². The molecule has 0 aliphatic carbocycles. The molecule has 0 fully saturated rings. The lowest BCUT2D eigenvalue weighted by atomic mass is 10.0. The van der Waals surface area contributed by atoms with Crippen LogP contribution in [0.5, 0.6) is 17.2 Å². The van der Waals surface area contributed by atoms with E-state index in [-0.39, 0.29) is 0 Å². The monoisotopic (exact) mass is 590 g/mol. The summed E-state index contributed by atoms with van der Waals surface area (Å²) in [5.74, 6) is 1.82. The standard InChI is InChI=1S/C37H50O6/c1-4-20-38-23-26-41-35-29-34(19-18-33-16-14-32(15-17-33)13-12-31-10-8-7-9-11-31)30-36(42-27-24-39-21-5-2)37(35)43-28-25-40-22-6-3/h7-11,14-19,29-30H,4-6,12-13,20-28H2,1-3H3/b19-18+. The van der Waals surface area contributed by atoms with E-state index in [1.165, 1.54) is 11.1 Å². The lowest BCUT2D eigenvalue weighted by Crippen LogP contribution is -2.13. The van der Waals surface area contributed by atoms with E-state index in [1.54, 1.807) is 0 Å². The van der Waals surface area contributed by atoms with Crippen molar-refractivity contribution in [3.05, 3.63) is 89.0 Å². The summed E-state index contributed by atoms with van der Waals surface area (Å²) in [5.41, 5.74) is 4.77. The van der Waals surface area contributed by atoms with Gasteiger partial charge in [0.2, 0.25) is 5.75 Å². The predicted octanol–water partition coefficient (Wildman–Crippen LogP) is 8.06. The van der Waals surface area contributed by atoms with Crippen molar-refractivity contribution in [3.63, 3.8) is 0 Å². The molecule has 0 heterocycles. The smallest absolute Gasteiger partial charge is 0.203 e. The molecule has 3 rings (SSSR count). The Hall–Kier alpha value is -3.32. The molecule has 43 heavy (non-hydrogen) atoms. The van der Waals surface area contributed by atoms with Crippen LogP contribution in [0.15, 0.2) is 66.7 Å². The van der Waals surface area contributed by atoms with Crippen molar-refractivity contribution >= 4 is 12.2 Å². The van der Waals surface area contributed by atoms with Crippen LogP contribution >= 0.6 is 0 Å². The van der Waals surface area contributed by atoms with Gasteiger partial charge in [-0.2, -0.15) is 0 Å². The number of hydrogen-bond acceptors (Lipinski definition) is 6. The zero-order valence-electron chi connectivity index (χ0n) is 26.4. The Balaban J connectivity index is 1.75. The number of aryl methyl sites for hydroxylation is 2. The Morgan fingerprint density at radius 1 is 0.465 bits per heavy atom. The molecule has 0 saturated carbocycles. The highest BCUT2D eigenvalue weighted by Crippen LogP contribution is 2.39. The van der Waals surface area contributed by atoms with Crippen molar-refractivity contribution in [1.82, 2.24) is 0 Å². The Morgan fingerprint density at radius 3 is 1.44 bits per heavy atom. The summed E-state index contributed by atoms with van der Waals surface area (Å²) in [4.78, 5) is 0. The van der Waals surface area contributed by atoms with Crippen molar-refractivity contribution in [2.75, 3.05) is 59.5 Å². The number of hydrogen-bond donors (Lipinski definition) is 0. The highest BCUT2D eigenvalue weighted by molar-refractivity contribution is 5.72. The Bertz CT molecular complexity index is 1120. The Morgan fingerprint density at radius 2 is 0.930 bits per heavy atom. The van der Waals surface area contributed by atoms with E-state index in [4.69, 9.17) is 28.4 Å². The van der Waals surface area contributed by atoms with E-state index in [2.05, 4.69) is 87.5 Å². The van der Waals surface area contributed by atoms with Gasteiger partial charge in [-0.15, -0.1) is 0 Å². The molecule has 3 aromatic carbocycles. The maximum absolute atomic E-state index is 6.18. The van der Waals surface area contributed by atoms with Crippen LogP contribution in [0.25, 0.3) is 12.2 Å². The fraction of sp³-hybridized carbons (Fsp3) is 0.459. The Kier molecular flexibility index (Phi) is 17.0. The Labute approximate surface area is 258 Å². The average molecular weight is 591 g/mol. The lowest BCUT2D eigenvalue weighted by Gasteiger charge is -2.18. The molecule has 234 valence electrons. The first-order valence-corrected chi connectivity index (χ1v) is 15.8. The summed E-state index contributed by atoms with van der Waals surface area (Å²) in [6, 6.07) is 23.3. The third-order valence-electron chi connectivity index (χ3n) is 6.53. The zero-order chi connectivity index (χ0) is 30.4. The van der Waals surface area contributed by atoms with E-state index < -0.39 is 0 Å². The topological polar surface area (TPSA) is 55.4 Å². The number of ether oxygens (including phenoxy) is 6. The molecule has 0 radical (unpaired) electrons. The molecule has 0 aromatic heterocycles. The second-order valence-electron chi connectivity index (χ2n) is 10.3. The average Bonchev–Trinajstić information content (AvgIpc) is 3.04. The summed E-state index contributed by atoms with van der Waals surface area (Å²) >= 11 is 0. The molecule has 0 aliphatic heterocycles. The predicted molar refractivity (Wildman–Crippen MR) is 175 cm³/mol.